The van der Waals surface area contributed by atoms with Crippen LogP contribution in [0.25, 0.3) is 5.65 Å². The minimum atomic E-state index is -0.603. The normalized spacial score (nSPS) is 15.1. The average Bonchev–Trinajstić information content (AvgIpc) is 3.04. The van der Waals surface area contributed by atoms with Crippen molar-refractivity contribution in [2.24, 2.45) is 0 Å². The van der Waals surface area contributed by atoms with Crippen molar-refractivity contribution in [3.05, 3.63) is 47.0 Å². The molecule has 2 N–H and O–H groups in total. The fourth-order valence-electron chi connectivity index (χ4n) is 3.02. The maximum atomic E-state index is 12.3. The lowest BCUT2D eigenvalue weighted by Crippen LogP contribution is -2.27. The molecular weight excluding hydrogens is 400 g/mol. The number of hydrogen-bond donors (Lipinski definition) is 2. The maximum absolute atomic E-state index is 12.3. The summed E-state index contributed by atoms with van der Waals surface area (Å²) in [4.78, 5) is 20.9. The third-order valence-electron chi connectivity index (χ3n) is 4.28. The van der Waals surface area contributed by atoms with Gasteiger partial charge in [-0.2, -0.15) is 9.61 Å². The highest BCUT2D eigenvalue weighted by molar-refractivity contribution is 9.10. The zero-order chi connectivity index (χ0) is 17.9. The SMILES string of the molecule is O=C(Nc1cc(C2CCNCC2)nc2c(Br)cnn12)Oc1cccnc1. The predicted octanol–water partition coefficient (Wildman–Crippen LogP) is 2.96. The van der Waals surface area contributed by atoms with Crippen molar-refractivity contribution in [2.45, 2.75) is 18.8 Å². The van der Waals surface area contributed by atoms with E-state index in [2.05, 4.69) is 36.6 Å². The molecule has 0 saturated carbocycles. The van der Waals surface area contributed by atoms with Gasteiger partial charge in [0.25, 0.3) is 0 Å². The van der Waals surface area contributed by atoms with Crippen LogP contribution in [0.3, 0.4) is 0 Å². The molecule has 0 spiro atoms. The van der Waals surface area contributed by atoms with Gasteiger partial charge in [0, 0.05) is 23.9 Å². The lowest BCUT2D eigenvalue weighted by atomic mass is 9.94. The van der Waals surface area contributed by atoms with E-state index in [1.165, 1.54) is 6.20 Å². The molecule has 26 heavy (non-hydrogen) atoms. The topological polar surface area (TPSA) is 93.4 Å². The van der Waals surface area contributed by atoms with Gasteiger partial charge in [0.15, 0.2) is 11.4 Å². The quantitative estimate of drug-likeness (QED) is 0.681. The van der Waals surface area contributed by atoms with Crippen LogP contribution in [0.5, 0.6) is 5.75 Å². The number of halogens is 1. The van der Waals surface area contributed by atoms with Gasteiger partial charge in [-0.05, 0) is 54.0 Å². The summed E-state index contributed by atoms with van der Waals surface area (Å²) in [7, 11) is 0. The minimum absolute atomic E-state index is 0.345. The lowest BCUT2D eigenvalue weighted by Gasteiger charge is -2.22. The molecule has 1 saturated heterocycles. The van der Waals surface area contributed by atoms with Crippen molar-refractivity contribution >= 4 is 33.5 Å². The summed E-state index contributed by atoms with van der Waals surface area (Å²) < 4.78 is 7.62. The van der Waals surface area contributed by atoms with Crippen molar-refractivity contribution in [1.29, 1.82) is 0 Å². The molecule has 1 aliphatic heterocycles. The number of nitrogens with zero attached hydrogens (tertiary/aromatic N) is 4. The number of rotatable bonds is 3. The molecular formula is C17H17BrN6O2. The summed E-state index contributed by atoms with van der Waals surface area (Å²) in [6, 6.07) is 5.24. The summed E-state index contributed by atoms with van der Waals surface area (Å²) in [6.07, 6.45) is 6.17. The Kier molecular flexibility index (Phi) is 4.81. The monoisotopic (exact) mass is 416 g/mol. The molecule has 134 valence electrons. The Balaban J connectivity index is 1.63. The number of ether oxygens (including phenoxy) is 1. The van der Waals surface area contributed by atoms with Crippen LogP contribution >= 0.6 is 15.9 Å². The number of aromatic nitrogens is 4. The molecule has 4 heterocycles. The van der Waals surface area contributed by atoms with Crippen molar-refractivity contribution in [3.63, 3.8) is 0 Å². The number of carbonyl (C=O) groups is 1. The highest BCUT2D eigenvalue weighted by Crippen LogP contribution is 2.28. The summed E-state index contributed by atoms with van der Waals surface area (Å²) in [5, 5.41) is 10.4. The molecule has 0 bridgehead atoms. The molecule has 4 rings (SSSR count). The number of anilines is 1. The molecule has 9 heteroatoms. The molecule has 1 fully saturated rings. The van der Waals surface area contributed by atoms with Gasteiger partial charge in [0.2, 0.25) is 0 Å². The Morgan fingerprint density at radius 1 is 1.35 bits per heavy atom. The minimum Gasteiger partial charge on any atom is -0.408 e. The van der Waals surface area contributed by atoms with Gasteiger partial charge in [-0.25, -0.2) is 9.78 Å². The molecule has 8 nitrogen and oxygen atoms in total. The first kappa shape index (κ1) is 16.9. The number of hydrogen-bond acceptors (Lipinski definition) is 6. The van der Waals surface area contributed by atoms with E-state index in [0.29, 0.717) is 23.1 Å². The number of fused-ring (bicyclic) bond motifs is 1. The average molecular weight is 417 g/mol. The van der Waals surface area contributed by atoms with E-state index in [9.17, 15) is 4.79 Å². The van der Waals surface area contributed by atoms with E-state index >= 15 is 0 Å². The molecule has 3 aromatic rings. The Morgan fingerprint density at radius 2 is 2.19 bits per heavy atom. The molecule has 0 atom stereocenters. The molecule has 0 radical (unpaired) electrons. The van der Waals surface area contributed by atoms with Crippen LogP contribution in [0.1, 0.15) is 24.5 Å². The van der Waals surface area contributed by atoms with E-state index in [4.69, 9.17) is 9.72 Å². The Bertz CT molecular complexity index is 924. The summed E-state index contributed by atoms with van der Waals surface area (Å²) in [5.41, 5.74) is 1.61. The second kappa shape index (κ2) is 7.38. The zero-order valence-corrected chi connectivity index (χ0v) is 15.4. The molecule has 0 aromatic carbocycles. The van der Waals surface area contributed by atoms with Gasteiger partial charge in [0.1, 0.15) is 5.82 Å². The zero-order valence-electron chi connectivity index (χ0n) is 13.9. The van der Waals surface area contributed by atoms with Crippen LogP contribution in [-0.2, 0) is 0 Å². The third kappa shape index (κ3) is 3.54. The van der Waals surface area contributed by atoms with Gasteiger partial charge >= 0.3 is 6.09 Å². The molecule has 1 aliphatic rings. The first-order valence-electron chi connectivity index (χ1n) is 8.34. The van der Waals surface area contributed by atoms with E-state index in [-0.39, 0.29) is 0 Å². The van der Waals surface area contributed by atoms with Gasteiger partial charge in [-0.3, -0.25) is 10.3 Å². The van der Waals surface area contributed by atoms with Gasteiger partial charge < -0.3 is 10.1 Å². The predicted molar refractivity (Wildman–Crippen MR) is 99.4 cm³/mol. The molecule has 0 aliphatic carbocycles. The summed E-state index contributed by atoms with van der Waals surface area (Å²) in [5.74, 6) is 1.23. The second-order valence-corrected chi connectivity index (χ2v) is 6.88. The van der Waals surface area contributed by atoms with Crippen molar-refractivity contribution in [3.8, 4) is 5.75 Å². The Morgan fingerprint density at radius 3 is 2.96 bits per heavy atom. The van der Waals surface area contributed by atoms with Crippen LogP contribution < -0.4 is 15.4 Å². The number of nitrogens with one attached hydrogen (secondary N) is 2. The summed E-state index contributed by atoms with van der Waals surface area (Å²) in [6.45, 7) is 1.92. The van der Waals surface area contributed by atoms with Crippen LogP contribution in [-0.4, -0.2) is 38.8 Å². The van der Waals surface area contributed by atoms with Crippen LogP contribution in [0, 0.1) is 0 Å². The van der Waals surface area contributed by atoms with Crippen LogP contribution in [0.15, 0.2) is 41.3 Å². The van der Waals surface area contributed by atoms with Gasteiger partial charge in [-0.1, -0.05) is 0 Å². The van der Waals surface area contributed by atoms with E-state index in [1.54, 1.807) is 29.0 Å². The first-order chi connectivity index (χ1) is 12.7. The molecule has 1 amide bonds. The molecule has 0 unspecified atom stereocenters. The van der Waals surface area contributed by atoms with Crippen molar-refractivity contribution < 1.29 is 9.53 Å². The number of piperidine rings is 1. The van der Waals surface area contributed by atoms with Crippen LogP contribution in [0.2, 0.25) is 0 Å². The first-order valence-corrected chi connectivity index (χ1v) is 9.14. The highest BCUT2D eigenvalue weighted by Gasteiger charge is 2.20. The second-order valence-electron chi connectivity index (χ2n) is 6.02. The Labute approximate surface area is 158 Å². The summed E-state index contributed by atoms with van der Waals surface area (Å²) >= 11 is 3.47. The fourth-order valence-corrected chi connectivity index (χ4v) is 3.36. The van der Waals surface area contributed by atoms with E-state index in [1.807, 2.05) is 6.07 Å². The maximum Gasteiger partial charge on any atom is 0.418 e. The van der Waals surface area contributed by atoms with Crippen molar-refractivity contribution in [2.75, 3.05) is 18.4 Å². The fraction of sp³-hybridized carbons (Fsp3) is 0.294. The van der Waals surface area contributed by atoms with Gasteiger partial charge in [-0.15, -0.1) is 0 Å². The molecule has 3 aromatic heterocycles. The standard InChI is InChI=1S/C17H17BrN6O2/c18-13-10-21-24-15(23-17(25)26-12-2-1-5-20-9-12)8-14(22-16(13)24)11-3-6-19-7-4-11/h1-2,5,8-11,19H,3-4,6-7H2,(H,23,25). The van der Waals surface area contributed by atoms with Crippen molar-refractivity contribution in [1.82, 2.24) is 24.9 Å². The number of carbonyl (C=O) groups excluding carboxylic acids is 1. The van der Waals surface area contributed by atoms with Gasteiger partial charge in [0.05, 0.1) is 16.9 Å². The Hall–Kier alpha value is -2.52. The smallest absolute Gasteiger partial charge is 0.408 e. The van der Waals surface area contributed by atoms with Crippen LogP contribution in [0.4, 0.5) is 10.6 Å². The third-order valence-corrected chi connectivity index (χ3v) is 4.84. The number of pyridine rings is 1. The van der Waals surface area contributed by atoms with E-state index < -0.39 is 6.09 Å². The largest absolute Gasteiger partial charge is 0.418 e. The van der Waals surface area contributed by atoms with E-state index in [0.717, 1.165) is 36.1 Å². The number of amides is 1. The lowest BCUT2D eigenvalue weighted by molar-refractivity contribution is 0.215. The highest BCUT2D eigenvalue weighted by atomic mass is 79.9.